The van der Waals surface area contributed by atoms with Gasteiger partial charge >= 0.3 is 41.3 Å². The van der Waals surface area contributed by atoms with E-state index < -0.39 is 11.9 Å². The van der Waals surface area contributed by atoms with Crippen LogP contribution in [0, 0.1) is 5.92 Å². The Bertz CT molecular complexity index is 456. The maximum Gasteiger partial charge on any atom is 0.0414 e. The summed E-state index contributed by atoms with van der Waals surface area (Å²) >= 11 is 2.69. The molecular weight excluding hydrogens is 523 g/mol. The first-order valence-corrected chi connectivity index (χ1v) is 18.7. The molecule has 0 N–H and O–H groups in total. The van der Waals surface area contributed by atoms with Crippen molar-refractivity contribution in [2.24, 2.45) is 5.92 Å². The summed E-state index contributed by atoms with van der Waals surface area (Å²) in [6.07, 6.45) is 33.9. The van der Waals surface area contributed by atoms with Crippen LogP contribution in [-0.4, -0.2) is 28.2 Å². The van der Waals surface area contributed by atoms with Crippen LogP contribution in [0.5, 0.6) is 0 Å². The molecule has 41 heavy (non-hydrogen) atoms. The Morgan fingerprint density at radius 2 is 0.610 bits per heavy atom. The van der Waals surface area contributed by atoms with Crippen molar-refractivity contribution in [3.05, 3.63) is 0 Å². The summed E-state index contributed by atoms with van der Waals surface area (Å²) in [5.41, 5.74) is 0. The van der Waals surface area contributed by atoms with Gasteiger partial charge < -0.3 is 19.8 Å². The standard InChI is InChI=1S/2C16H32O2.C4H9.Al/c2*1-2-3-4-5-6-7-8-9-10-11-12-13-14-15-16(17)18;1-4(2)3;/h2*2-15H2,1H3,(H,17,18);4H,1H2,2-3H3;/q;;;+2/p-2. The Morgan fingerprint density at radius 1 is 0.439 bits per heavy atom. The summed E-state index contributed by atoms with van der Waals surface area (Å²) in [7, 11) is 0. The number of unbranched alkanes of at least 4 members (excludes halogenated alkanes) is 24. The molecule has 5 heteroatoms. The van der Waals surface area contributed by atoms with Crippen LogP contribution in [0.15, 0.2) is 0 Å². The summed E-state index contributed by atoms with van der Waals surface area (Å²) in [4.78, 5) is 20.4. The minimum atomic E-state index is -0.905. The molecule has 0 rings (SSSR count). The van der Waals surface area contributed by atoms with Gasteiger partial charge in [-0.15, -0.1) is 0 Å². The van der Waals surface area contributed by atoms with Crippen molar-refractivity contribution in [3.8, 4) is 0 Å². The molecule has 0 radical (unpaired) electrons. The van der Waals surface area contributed by atoms with E-state index >= 15 is 0 Å². The predicted octanol–water partition coefficient (Wildman–Crippen LogP) is 9.66. The largest absolute Gasteiger partial charge is 0.550 e. The first-order valence-electron chi connectivity index (χ1n) is 17.9. The molecule has 0 heterocycles. The molecule has 0 atom stereocenters. The number of aliphatic carboxylic acids is 2. The van der Waals surface area contributed by atoms with E-state index in [-0.39, 0.29) is 12.8 Å². The second-order valence-corrected chi connectivity index (χ2v) is 12.8. The molecule has 0 saturated carbocycles. The minimum Gasteiger partial charge on any atom is -0.550 e. The van der Waals surface area contributed by atoms with Gasteiger partial charge in [0.25, 0.3) is 0 Å². The summed E-state index contributed by atoms with van der Waals surface area (Å²) in [5, 5.41) is 21.6. The Labute approximate surface area is 266 Å². The van der Waals surface area contributed by atoms with Gasteiger partial charge in [0, 0.05) is 11.9 Å². The number of rotatable bonds is 29. The minimum absolute atomic E-state index is 0.234. The van der Waals surface area contributed by atoms with Gasteiger partial charge in [-0.3, -0.25) is 0 Å². The summed E-state index contributed by atoms with van der Waals surface area (Å²) in [5.74, 6) is -0.962. The van der Waals surface area contributed by atoms with Crippen LogP contribution in [0.25, 0.3) is 0 Å². The van der Waals surface area contributed by atoms with Crippen molar-refractivity contribution in [2.75, 3.05) is 0 Å². The van der Waals surface area contributed by atoms with E-state index in [1.807, 2.05) is 0 Å². The number of carboxylic acids is 2. The molecule has 242 valence electrons. The third-order valence-electron chi connectivity index (χ3n) is 7.44. The average Bonchev–Trinajstić information content (AvgIpc) is 2.94. The summed E-state index contributed by atoms with van der Waals surface area (Å²) in [6.45, 7) is 8.92. The molecule has 0 fully saturated rings. The van der Waals surface area contributed by atoms with E-state index in [2.05, 4.69) is 44.0 Å². The van der Waals surface area contributed by atoms with Gasteiger partial charge in [-0.25, -0.2) is 0 Å². The Hall–Kier alpha value is -0.528. The van der Waals surface area contributed by atoms with E-state index in [0.29, 0.717) is 0 Å². The number of carbonyl (C=O) groups is 2. The van der Waals surface area contributed by atoms with Crippen molar-refractivity contribution < 1.29 is 19.8 Å². The van der Waals surface area contributed by atoms with Crippen LogP contribution in [0.3, 0.4) is 0 Å². The molecule has 0 unspecified atom stereocenters. The second kappa shape index (κ2) is 41.6. The molecule has 0 amide bonds. The van der Waals surface area contributed by atoms with Crippen LogP contribution >= 0.6 is 0 Å². The third-order valence-corrected chi connectivity index (χ3v) is 8.38. The van der Waals surface area contributed by atoms with Crippen molar-refractivity contribution in [1.82, 2.24) is 0 Å². The van der Waals surface area contributed by atoms with Crippen LogP contribution in [0.4, 0.5) is 0 Å². The van der Waals surface area contributed by atoms with E-state index in [0.717, 1.165) is 31.6 Å². The van der Waals surface area contributed by atoms with Crippen LogP contribution in [0.1, 0.15) is 207 Å². The molecule has 0 aromatic carbocycles. The molecule has 0 spiro atoms. The van der Waals surface area contributed by atoms with Gasteiger partial charge in [-0.05, 0) is 25.7 Å². The molecule has 0 bridgehead atoms. The summed E-state index contributed by atoms with van der Waals surface area (Å²) < 4.78 is 0. The van der Waals surface area contributed by atoms with Gasteiger partial charge in [0.15, 0.2) is 0 Å². The summed E-state index contributed by atoms with van der Waals surface area (Å²) in [6, 6.07) is 0. The number of carbonyl (C=O) groups excluding carboxylic acids is 2. The van der Waals surface area contributed by atoms with Crippen LogP contribution in [0.2, 0.25) is 5.28 Å². The fraction of sp³-hybridized carbons (Fsp3) is 0.944. The first kappa shape index (κ1) is 44.9. The zero-order valence-corrected chi connectivity index (χ0v) is 29.4. The number of hydrogen-bond donors (Lipinski definition) is 0. The van der Waals surface area contributed by atoms with Gasteiger partial charge in [0.1, 0.15) is 0 Å². The monoisotopic (exact) mass is 595 g/mol. The quantitative estimate of drug-likeness (QED) is 0.0638. The Morgan fingerprint density at radius 3 is 0.756 bits per heavy atom. The van der Waals surface area contributed by atoms with Crippen LogP contribution < -0.4 is 10.2 Å². The maximum absolute atomic E-state index is 10.2. The molecule has 4 nitrogen and oxygen atoms in total. The zero-order chi connectivity index (χ0) is 31.2. The van der Waals surface area contributed by atoms with Gasteiger partial charge in [-0.1, -0.05) is 168 Å². The fourth-order valence-electron chi connectivity index (χ4n) is 4.57. The first-order chi connectivity index (χ1) is 19.8. The molecular formula is C36H71AlO4. The van der Waals surface area contributed by atoms with Gasteiger partial charge in [0.2, 0.25) is 0 Å². The smallest absolute Gasteiger partial charge is 0.0414 e. The topological polar surface area (TPSA) is 80.3 Å². The Balaban J connectivity index is -0.000000604. The SMILES string of the molecule is CC(C)[CH2][Al+2].CCCCCCCCCCCCCCCC(=O)[O-].CCCCCCCCCCCCCCCC(=O)[O-]. The van der Waals surface area contributed by atoms with Crippen molar-refractivity contribution in [1.29, 1.82) is 0 Å². The molecule has 0 aliphatic rings. The van der Waals surface area contributed by atoms with Crippen LogP contribution in [-0.2, 0) is 9.59 Å². The molecule has 0 saturated heterocycles. The third kappa shape index (κ3) is 56.0. The zero-order valence-electron chi connectivity index (χ0n) is 28.3. The van der Waals surface area contributed by atoms with E-state index in [1.54, 1.807) is 0 Å². The van der Waals surface area contributed by atoms with Gasteiger partial charge in [-0.2, -0.15) is 0 Å². The average molecular weight is 595 g/mol. The molecule has 0 aliphatic carbocycles. The van der Waals surface area contributed by atoms with E-state index in [1.165, 1.54) is 147 Å². The molecule has 0 aromatic rings. The van der Waals surface area contributed by atoms with E-state index in [4.69, 9.17) is 0 Å². The maximum atomic E-state index is 10.2. The van der Waals surface area contributed by atoms with Crippen molar-refractivity contribution >= 4 is 28.2 Å². The second-order valence-electron chi connectivity index (χ2n) is 12.4. The number of hydrogen-bond acceptors (Lipinski definition) is 4. The Kier molecular flexibility index (Phi) is 45.6. The van der Waals surface area contributed by atoms with Crippen molar-refractivity contribution in [3.63, 3.8) is 0 Å². The molecule has 0 aromatic heterocycles. The normalized spacial score (nSPS) is 10.6. The fourth-order valence-corrected chi connectivity index (χ4v) is 4.57. The molecule has 0 aliphatic heterocycles. The van der Waals surface area contributed by atoms with Crippen molar-refractivity contribution in [2.45, 2.75) is 213 Å². The van der Waals surface area contributed by atoms with Gasteiger partial charge in [0.05, 0.1) is 0 Å². The predicted molar refractivity (Wildman–Crippen MR) is 176 cm³/mol. The number of carboxylic acid groups (broad SMARTS) is 2. The van der Waals surface area contributed by atoms with E-state index in [9.17, 15) is 19.8 Å².